The van der Waals surface area contributed by atoms with Crippen LogP contribution in [-0.4, -0.2) is 41.8 Å². The summed E-state index contributed by atoms with van der Waals surface area (Å²) in [6.07, 6.45) is 7.35. The first-order valence-corrected chi connectivity index (χ1v) is 7.81. The van der Waals surface area contributed by atoms with Gasteiger partial charge in [-0.25, -0.2) is 0 Å². The van der Waals surface area contributed by atoms with Gasteiger partial charge in [-0.1, -0.05) is 26.7 Å². The molecule has 1 saturated heterocycles. The highest BCUT2D eigenvalue weighted by Crippen LogP contribution is 2.25. The lowest BCUT2D eigenvalue weighted by molar-refractivity contribution is -0.134. The van der Waals surface area contributed by atoms with E-state index in [1.807, 2.05) is 11.8 Å². The zero-order valence-electron chi connectivity index (χ0n) is 12.6. The lowest BCUT2D eigenvalue weighted by Gasteiger charge is -2.24. The van der Waals surface area contributed by atoms with Crippen molar-refractivity contribution < 1.29 is 9.53 Å². The molecule has 1 heterocycles. The van der Waals surface area contributed by atoms with Crippen molar-refractivity contribution in [3.63, 3.8) is 0 Å². The van der Waals surface area contributed by atoms with Crippen LogP contribution in [0.1, 0.15) is 59.3 Å². The van der Waals surface area contributed by atoms with Gasteiger partial charge in [0.25, 0.3) is 0 Å². The Bertz CT molecular complexity index is 315. The first kappa shape index (κ1) is 14.8. The zero-order chi connectivity index (χ0) is 13.9. The van der Waals surface area contributed by atoms with Crippen molar-refractivity contribution in [2.45, 2.75) is 77.1 Å². The predicted octanol–water partition coefficient (Wildman–Crippen LogP) is 2.28. The highest BCUT2D eigenvalue weighted by atomic mass is 16.5. The maximum absolute atomic E-state index is 12.5. The molecule has 0 aromatic carbocycles. The normalized spacial score (nSPS) is 32.5. The Morgan fingerprint density at radius 2 is 2.05 bits per heavy atom. The minimum absolute atomic E-state index is 0.171. The van der Waals surface area contributed by atoms with Crippen molar-refractivity contribution in [2.75, 3.05) is 13.2 Å². The molecule has 1 amide bonds. The minimum atomic E-state index is -0.381. The Balaban J connectivity index is 1.85. The molecule has 1 N–H and O–H groups in total. The Labute approximate surface area is 116 Å². The quantitative estimate of drug-likeness (QED) is 0.803. The third kappa shape index (κ3) is 3.11. The van der Waals surface area contributed by atoms with Crippen LogP contribution in [0, 0.1) is 0 Å². The predicted molar refractivity (Wildman–Crippen MR) is 75.8 cm³/mol. The van der Waals surface area contributed by atoms with Crippen LogP contribution in [0.15, 0.2) is 0 Å². The molecule has 1 aliphatic carbocycles. The molecule has 2 rings (SSSR count). The van der Waals surface area contributed by atoms with E-state index < -0.39 is 0 Å². The molecule has 2 atom stereocenters. The Morgan fingerprint density at radius 1 is 1.37 bits per heavy atom. The average molecular weight is 268 g/mol. The van der Waals surface area contributed by atoms with Gasteiger partial charge in [-0.15, -0.1) is 0 Å². The summed E-state index contributed by atoms with van der Waals surface area (Å²) in [6.45, 7) is 7.59. The molecule has 0 radical (unpaired) electrons. The second-order valence-electron chi connectivity index (χ2n) is 6.03. The third-order valence-corrected chi connectivity index (χ3v) is 4.68. The molecule has 2 aliphatic rings. The molecule has 0 bridgehead atoms. The monoisotopic (exact) mass is 268 g/mol. The SMILES string of the molecule is CCC1NC(C)(CC)C(=O)N1CCOC1CCCC1. The van der Waals surface area contributed by atoms with E-state index in [0.717, 1.165) is 19.4 Å². The molecule has 110 valence electrons. The highest BCUT2D eigenvalue weighted by Gasteiger charge is 2.45. The number of rotatable bonds is 6. The largest absolute Gasteiger partial charge is 0.376 e. The minimum Gasteiger partial charge on any atom is -0.376 e. The van der Waals surface area contributed by atoms with Gasteiger partial charge < -0.3 is 9.64 Å². The molecule has 4 nitrogen and oxygen atoms in total. The fourth-order valence-electron chi connectivity index (χ4n) is 3.17. The van der Waals surface area contributed by atoms with Crippen LogP contribution in [0.5, 0.6) is 0 Å². The van der Waals surface area contributed by atoms with Crippen molar-refractivity contribution in [1.29, 1.82) is 0 Å². The van der Waals surface area contributed by atoms with Gasteiger partial charge in [0.15, 0.2) is 0 Å². The Hall–Kier alpha value is -0.610. The zero-order valence-corrected chi connectivity index (χ0v) is 12.6. The van der Waals surface area contributed by atoms with Crippen LogP contribution in [-0.2, 0) is 9.53 Å². The molecule has 2 fully saturated rings. The molecule has 0 spiro atoms. The molecule has 4 heteroatoms. The second kappa shape index (κ2) is 6.23. The molecule has 1 aliphatic heterocycles. The summed E-state index contributed by atoms with van der Waals surface area (Å²) in [7, 11) is 0. The second-order valence-corrected chi connectivity index (χ2v) is 6.03. The van der Waals surface area contributed by atoms with Crippen LogP contribution < -0.4 is 5.32 Å². The van der Waals surface area contributed by atoms with Gasteiger partial charge in [-0.05, 0) is 32.6 Å². The molecule has 0 aromatic heterocycles. The number of carbonyl (C=O) groups is 1. The maximum atomic E-state index is 12.5. The van der Waals surface area contributed by atoms with Gasteiger partial charge in [0.2, 0.25) is 5.91 Å². The Morgan fingerprint density at radius 3 is 2.63 bits per heavy atom. The molecule has 19 heavy (non-hydrogen) atoms. The van der Waals surface area contributed by atoms with Crippen LogP contribution in [0.2, 0.25) is 0 Å². The number of amides is 1. The fraction of sp³-hybridized carbons (Fsp3) is 0.933. The van der Waals surface area contributed by atoms with Crippen molar-refractivity contribution in [1.82, 2.24) is 10.2 Å². The summed E-state index contributed by atoms with van der Waals surface area (Å²) in [6, 6.07) is 0. The molecular weight excluding hydrogens is 240 g/mol. The molecule has 0 aromatic rings. The first-order valence-electron chi connectivity index (χ1n) is 7.81. The van der Waals surface area contributed by atoms with Crippen molar-refractivity contribution in [3.05, 3.63) is 0 Å². The number of nitrogens with zero attached hydrogens (tertiary/aromatic N) is 1. The van der Waals surface area contributed by atoms with Gasteiger partial charge in [0.05, 0.1) is 24.4 Å². The smallest absolute Gasteiger partial charge is 0.243 e. The van der Waals surface area contributed by atoms with E-state index in [0.29, 0.717) is 12.7 Å². The number of nitrogens with one attached hydrogen (secondary N) is 1. The summed E-state index contributed by atoms with van der Waals surface area (Å²) in [5.74, 6) is 0.233. The summed E-state index contributed by atoms with van der Waals surface area (Å²) >= 11 is 0. The van der Waals surface area contributed by atoms with Crippen molar-refractivity contribution in [3.8, 4) is 0 Å². The highest BCUT2D eigenvalue weighted by molar-refractivity contribution is 5.88. The fourth-order valence-corrected chi connectivity index (χ4v) is 3.17. The molecular formula is C15H28N2O2. The van der Waals surface area contributed by atoms with Gasteiger partial charge in [0, 0.05) is 6.54 Å². The Kier molecular flexibility index (Phi) is 4.85. The number of ether oxygens (including phenoxy) is 1. The van der Waals surface area contributed by atoms with Crippen molar-refractivity contribution >= 4 is 5.91 Å². The first-order chi connectivity index (χ1) is 9.10. The maximum Gasteiger partial charge on any atom is 0.243 e. The van der Waals surface area contributed by atoms with Crippen LogP contribution in [0.25, 0.3) is 0 Å². The van der Waals surface area contributed by atoms with Crippen LogP contribution >= 0.6 is 0 Å². The summed E-state index contributed by atoms with van der Waals surface area (Å²) in [4.78, 5) is 14.4. The topological polar surface area (TPSA) is 41.6 Å². The lowest BCUT2D eigenvalue weighted by Crippen LogP contribution is -2.43. The van der Waals surface area contributed by atoms with E-state index >= 15 is 0 Å². The number of hydrogen-bond acceptors (Lipinski definition) is 3. The van der Waals surface area contributed by atoms with E-state index in [4.69, 9.17) is 4.74 Å². The van der Waals surface area contributed by atoms with E-state index in [9.17, 15) is 4.79 Å². The van der Waals surface area contributed by atoms with Gasteiger partial charge in [-0.2, -0.15) is 0 Å². The van der Waals surface area contributed by atoms with E-state index in [1.54, 1.807) is 0 Å². The third-order valence-electron chi connectivity index (χ3n) is 4.68. The summed E-state index contributed by atoms with van der Waals surface area (Å²) in [5.41, 5.74) is -0.381. The standard InChI is InChI=1S/C15H28N2O2/c1-4-13-16-15(3,5-2)14(18)17(13)10-11-19-12-8-6-7-9-12/h12-13,16H,4-11H2,1-3H3. The summed E-state index contributed by atoms with van der Waals surface area (Å²) < 4.78 is 5.89. The van der Waals surface area contributed by atoms with Crippen LogP contribution in [0.3, 0.4) is 0 Å². The van der Waals surface area contributed by atoms with Gasteiger partial charge >= 0.3 is 0 Å². The average Bonchev–Trinajstić information content (AvgIpc) is 3.00. The van der Waals surface area contributed by atoms with E-state index in [2.05, 4.69) is 19.2 Å². The van der Waals surface area contributed by atoms with E-state index in [1.165, 1.54) is 25.7 Å². The molecule has 1 saturated carbocycles. The molecule has 2 unspecified atom stereocenters. The van der Waals surface area contributed by atoms with E-state index in [-0.39, 0.29) is 17.6 Å². The summed E-state index contributed by atoms with van der Waals surface area (Å²) in [5, 5.41) is 3.47. The van der Waals surface area contributed by atoms with Crippen LogP contribution in [0.4, 0.5) is 0 Å². The van der Waals surface area contributed by atoms with Crippen molar-refractivity contribution in [2.24, 2.45) is 0 Å². The number of hydrogen-bond donors (Lipinski definition) is 1. The number of carbonyl (C=O) groups excluding carboxylic acids is 1. The van der Waals surface area contributed by atoms with Gasteiger partial charge in [-0.3, -0.25) is 10.1 Å². The van der Waals surface area contributed by atoms with Gasteiger partial charge in [0.1, 0.15) is 0 Å². The lowest BCUT2D eigenvalue weighted by atomic mass is 9.99.